The molecular formula is C12H22O4. The molecule has 0 amide bonds. The normalized spacial score (nSPS) is 15.0. The van der Waals surface area contributed by atoms with Crippen molar-refractivity contribution < 1.29 is 19.4 Å². The van der Waals surface area contributed by atoms with Crippen LogP contribution in [0, 0.1) is 0 Å². The number of aliphatic hydroxyl groups excluding tert-OH is 1. The number of esters is 1. The Morgan fingerprint density at radius 2 is 2.06 bits per heavy atom. The Morgan fingerprint density at radius 3 is 2.56 bits per heavy atom. The zero-order valence-electron chi connectivity index (χ0n) is 10.3. The molecule has 0 aromatic carbocycles. The summed E-state index contributed by atoms with van der Waals surface area (Å²) < 4.78 is 9.85. The van der Waals surface area contributed by atoms with Crippen molar-refractivity contribution in [3.63, 3.8) is 0 Å². The van der Waals surface area contributed by atoms with E-state index in [0.29, 0.717) is 13.0 Å². The molecule has 0 aliphatic carbocycles. The van der Waals surface area contributed by atoms with Gasteiger partial charge in [0.25, 0.3) is 0 Å². The largest absolute Gasteiger partial charge is 0.467 e. The molecule has 0 aliphatic heterocycles. The van der Waals surface area contributed by atoms with Crippen molar-refractivity contribution in [3.8, 4) is 0 Å². The molecule has 0 fully saturated rings. The standard InChI is InChI=1S/C12H22O4/c1-4-6-7-8-9-16-11(10(13)5-2)12(14)15-3/h7-8,10-11,13H,4-6,9H2,1-3H3/b8-7+. The average molecular weight is 230 g/mol. The summed E-state index contributed by atoms with van der Waals surface area (Å²) >= 11 is 0. The van der Waals surface area contributed by atoms with Crippen molar-refractivity contribution in [2.24, 2.45) is 0 Å². The van der Waals surface area contributed by atoms with Crippen LogP contribution in [0.2, 0.25) is 0 Å². The van der Waals surface area contributed by atoms with E-state index in [-0.39, 0.29) is 0 Å². The Labute approximate surface area is 97.2 Å². The van der Waals surface area contributed by atoms with Crippen LogP contribution in [0.1, 0.15) is 33.1 Å². The Kier molecular flexibility index (Phi) is 8.85. The lowest BCUT2D eigenvalue weighted by atomic mass is 10.1. The molecule has 2 unspecified atom stereocenters. The minimum absolute atomic E-state index is 0.316. The Bertz CT molecular complexity index is 213. The van der Waals surface area contributed by atoms with Crippen LogP contribution in [-0.4, -0.2) is 37.0 Å². The van der Waals surface area contributed by atoms with Crippen LogP contribution in [0.4, 0.5) is 0 Å². The monoisotopic (exact) mass is 230 g/mol. The second-order valence-electron chi connectivity index (χ2n) is 3.51. The molecule has 0 radical (unpaired) electrons. The minimum Gasteiger partial charge on any atom is -0.467 e. The maximum Gasteiger partial charge on any atom is 0.337 e. The first-order valence-corrected chi connectivity index (χ1v) is 5.69. The number of rotatable bonds is 8. The number of ether oxygens (including phenoxy) is 2. The lowest BCUT2D eigenvalue weighted by Gasteiger charge is -2.19. The fraction of sp³-hybridized carbons (Fsp3) is 0.750. The van der Waals surface area contributed by atoms with E-state index in [0.717, 1.165) is 12.8 Å². The highest BCUT2D eigenvalue weighted by atomic mass is 16.6. The van der Waals surface area contributed by atoms with Crippen LogP contribution in [0.15, 0.2) is 12.2 Å². The smallest absolute Gasteiger partial charge is 0.337 e. The second kappa shape index (κ2) is 9.36. The van der Waals surface area contributed by atoms with Crippen molar-refractivity contribution in [2.45, 2.75) is 45.3 Å². The maximum absolute atomic E-state index is 11.3. The fourth-order valence-electron chi connectivity index (χ4n) is 1.18. The zero-order valence-corrected chi connectivity index (χ0v) is 10.3. The molecule has 4 nitrogen and oxygen atoms in total. The van der Waals surface area contributed by atoms with E-state index in [1.165, 1.54) is 7.11 Å². The number of methoxy groups -OCH3 is 1. The third kappa shape index (κ3) is 5.88. The lowest BCUT2D eigenvalue weighted by molar-refractivity contribution is -0.161. The highest BCUT2D eigenvalue weighted by Gasteiger charge is 2.26. The van der Waals surface area contributed by atoms with Gasteiger partial charge in [-0.05, 0) is 12.8 Å². The van der Waals surface area contributed by atoms with E-state index in [9.17, 15) is 9.90 Å². The second-order valence-corrected chi connectivity index (χ2v) is 3.51. The van der Waals surface area contributed by atoms with Crippen LogP contribution in [0.5, 0.6) is 0 Å². The molecule has 0 heterocycles. The number of aliphatic hydroxyl groups is 1. The quantitative estimate of drug-likeness (QED) is 0.509. The van der Waals surface area contributed by atoms with Crippen molar-refractivity contribution in [1.29, 1.82) is 0 Å². The summed E-state index contributed by atoms with van der Waals surface area (Å²) in [6, 6.07) is 0. The Morgan fingerprint density at radius 1 is 1.38 bits per heavy atom. The van der Waals surface area contributed by atoms with Crippen LogP contribution in [0.3, 0.4) is 0 Å². The SMILES string of the molecule is CCC/C=C/COC(C(=O)OC)C(O)CC. The van der Waals surface area contributed by atoms with Crippen LogP contribution >= 0.6 is 0 Å². The van der Waals surface area contributed by atoms with Gasteiger partial charge in [-0.1, -0.05) is 32.4 Å². The topological polar surface area (TPSA) is 55.8 Å². The first-order chi connectivity index (χ1) is 7.67. The highest BCUT2D eigenvalue weighted by Crippen LogP contribution is 2.06. The van der Waals surface area contributed by atoms with Gasteiger partial charge in [0.05, 0.1) is 19.8 Å². The number of unbranched alkanes of at least 4 members (excludes halogenated alkanes) is 1. The van der Waals surface area contributed by atoms with Gasteiger partial charge >= 0.3 is 5.97 Å². The van der Waals surface area contributed by atoms with Crippen LogP contribution in [-0.2, 0) is 14.3 Å². The first kappa shape index (κ1) is 15.1. The maximum atomic E-state index is 11.3. The number of carbonyl (C=O) groups is 1. The minimum atomic E-state index is -0.888. The number of carbonyl (C=O) groups excluding carboxylic acids is 1. The van der Waals surface area contributed by atoms with E-state index >= 15 is 0 Å². The summed E-state index contributed by atoms with van der Waals surface area (Å²) in [5, 5.41) is 9.57. The molecule has 0 saturated heterocycles. The van der Waals surface area contributed by atoms with Gasteiger partial charge in [0.2, 0.25) is 0 Å². The van der Waals surface area contributed by atoms with Crippen LogP contribution < -0.4 is 0 Å². The molecule has 0 saturated carbocycles. The third-order valence-electron chi connectivity index (χ3n) is 2.20. The van der Waals surface area contributed by atoms with Crippen molar-refractivity contribution in [1.82, 2.24) is 0 Å². The number of hydrogen-bond acceptors (Lipinski definition) is 4. The molecule has 2 atom stereocenters. The molecule has 0 aliphatic rings. The number of allylic oxidation sites excluding steroid dienone is 1. The van der Waals surface area contributed by atoms with E-state index in [4.69, 9.17) is 4.74 Å². The van der Waals surface area contributed by atoms with E-state index in [2.05, 4.69) is 11.7 Å². The molecule has 1 N–H and O–H groups in total. The summed E-state index contributed by atoms with van der Waals surface area (Å²) in [6.07, 6.45) is 4.66. The summed E-state index contributed by atoms with van der Waals surface area (Å²) in [5.74, 6) is -0.529. The van der Waals surface area contributed by atoms with Gasteiger partial charge in [-0.25, -0.2) is 4.79 Å². The van der Waals surface area contributed by atoms with Gasteiger partial charge < -0.3 is 14.6 Å². The lowest BCUT2D eigenvalue weighted by Crippen LogP contribution is -2.37. The van der Waals surface area contributed by atoms with Crippen LogP contribution in [0.25, 0.3) is 0 Å². The summed E-state index contributed by atoms with van der Waals surface area (Å²) in [7, 11) is 1.29. The molecule has 0 spiro atoms. The van der Waals surface area contributed by atoms with Gasteiger partial charge in [0, 0.05) is 0 Å². The highest BCUT2D eigenvalue weighted by molar-refractivity contribution is 5.75. The molecule has 4 heteroatoms. The third-order valence-corrected chi connectivity index (χ3v) is 2.20. The van der Waals surface area contributed by atoms with Crippen molar-refractivity contribution >= 4 is 5.97 Å². The van der Waals surface area contributed by atoms with Crippen molar-refractivity contribution in [3.05, 3.63) is 12.2 Å². The summed E-state index contributed by atoms with van der Waals surface area (Å²) in [6.45, 7) is 4.19. The molecular weight excluding hydrogens is 208 g/mol. The predicted molar refractivity (Wildman–Crippen MR) is 62.1 cm³/mol. The molecule has 0 aromatic rings. The van der Waals surface area contributed by atoms with Gasteiger partial charge in [0.1, 0.15) is 0 Å². The average Bonchev–Trinajstić information content (AvgIpc) is 2.32. The van der Waals surface area contributed by atoms with Gasteiger partial charge in [-0.15, -0.1) is 0 Å². The fourth-order valence-corrected chi connectivity index (χ4v) is 1.18. The van der Waals surface area contributed by atoms with E-state index < -0.39 is 18.2 Å². The summed E-state index contributed by atoms with van der Waals surface area (Å²) in [5.41, 5.74) is 0. The number of hydrogen-bond donors (Lipinski definition) is 1. The first-order valence-electron chi connectivity index (χ1n) is 5.69. The summed E-state index contributed by atoms with van der Waals surface area (Å²) in [4.78, 5) is 11.3. The molecule has 94 valence electrons. The zero-order chi connectivity index (χ0) is 12.4. The van der Waals surface area contributed by atoms with Gasteiger partial charge in [-0.3, -0.25) is 0 Å². The molecule has 0 aromatic heterocycles. The molecule has 0 bridgehead atoms. The van der Waals surface area contributed by atoms with E-state index in [1.807, 2.05) is 12.2 Å². The van der Waals surface area contributed by atoms with Crippen molar-refractivity contribution in [2.75, 3.05) is 13.7 Å². The Hall–Kier alpha value is -0.870. The van der Waals surface area contributed by atoms with E-state index in [1.54, 1.807) is 6.92 Å². The predicted octanol–water partition coefficient (Wildman–Crippen LogP) is 1.67. The van der Waals surface area contributed by atoms with Gasteiger partial charge in [-0.2, -0.15) is 0 Å². The molecule has 0 rings (SSSR count). The van der Waals surface area contributed by atoms with Gasteiger partial charge in [0.15, 0.2) is 6.10 Å². The Balaban J connectivity index is 4.07. The molecule has 16 heavy (non-hydrogen) atoms.